The van der Waals surface area contributed by atoms with E-state index in [0.29, 0.717) is 43.4 Å². The van der Waals surface area contributed by atoms with Crippen LogP contribution in [0.1, 0.15) is 98.8 Å². The smallest absolute Gasteiger partial charge is 0.187 e. The predicted molar refractivity (Wildman–Crippen MR) is 219 cm³/mol. The molecule has 0 unspecified atom stereocenters. The predicted octanol–water partition coefficient (Wildman–Crippen LogP) is -0.909. The number of Topliss-reactive ketones (excluding diaryl/α,β-unsaturated/α-hetero) is 1. The van der Waals surface area contributed by atoms with Crippen molar-refractivity contribution in [1.82, 2.24) is 0 Å². The fourth-order valence-electron chi connectivity index (χ4n) is 13.5. The molecule has 7 rings (SSSR count). The Bertz CT molecular complexity index is 1520. The van der Waals surface area contributed by atoms with E-state index in [2.05, 4.69) is 13.8 Å². The Balaban J connectivity index is 0.910. The van der Waals surface area contributed by atoms with E-state index in [0.717, 1.165) is 38.5 Å². The van der Waals surface area contributed by atoms with Crippen LogP contribution >= 0.6 is 0 Å². The first-order valence-corrected chi connectivity index (χ1v) is 23.5. The average molecular weight is 905 g/mol. The van der Waals surface area contributed by atoms with Crippen LogP contribution in [0.25, 0.3) is 0 Å². The van der Waals surface area contributed by atoms with E-state index in [1.54, 1.807) is 0 Å². The van der Waals surface area contributed by atoms with E-state index in [9.17, 15) is 61.0 Å². The molecule has 0 aromatic heterocycles. The number of hydrogen-bond acceptors (Lipinski definition) is 18. The van der Waals surface area contributed by atoms with Crippen LogP contribution in [0.3, 0.4) is 0 Å². The molecular weight excluding hydrogens is 828 g/mol. The number of carbonyl (C=O) groups excluding carboxylic acids is 1. The molecule has 18 nitrogen and oxygen atoms in total. The van der Waals surface area contributed by atoms with E-state index < -0.39 is 111 Å². The fraction of sp³-hybridized carbons (Fsp3) is 0.978. The number of rotatable bonds is 14. The van der Waals surface area contributed by atoms with Gasteiger partial charge in [-0.05, 0) is 111 Å². The minimum atomic E-state index is -1.65. The van der Waals surface area contributed by atoms with Gasteiger partial charge in [0.25, 0.3) is 0 Å². The molecule has 0 bridgehead atoms. The first-order chi connectivity index (χ1) is 29.7. The van der Waals surface area contributed by atoms with E-state index in [1.807, 2.05) is 13.8 Å². The van der Waals surface area contributed by atoms with Gasteiger partial charge in [0.1, 0.15) is 72.9 Å². The van der Waals surface area contributed by atoms with Crippen LogP contribution in [0, 0.1) is 52.3 Å². The monoisotopic (exact) mass is 905 g/mol. The Hall–Kier alpha value is -1.01. The zero-order valence-corrected chi connectivity index (χ0v) is 37.3. The van der Waals surface area contributed by atoms with Crippen molar-refractivity contribution in [2.45, 2.75) is 203 Å². The zero-order valence-electron chi connectivity index (χ0n) is 37.3. The van der Waals surface area contributed by atoms with Crippen LogP contribution in [0.15, 0.2) is 0 Å². The molecule has 4 saturated carbocycles. The van der Waals surface area contributed by atoms with Gasteiger partial charge in [0, 0.05) is 12.3 Å². The topological polar surface area (TPSA) is 295 Å². The molecule has 3 heterocycles. The summed E-state index contributed by atoms with van der Waals surface area (Å²) in [5.74, 6) is 0.945. The van der Waals surface area contributed by atoms with Gasteiger partial charge in [-0.3, -0.25) is 4.79 Å². The van der Waals surface area contributed by atoms with Crippen molar-refractivity contribution in [2.75, 3.05) is 19.8 Å². The molecular formula is C45H76O18. The Morgan fingerprint density at radius 2 is 1.29 bits per heavy atom. The summed E-state index contributed by atoms with van der Waals surface area (Å²) in [5, 5.41) is 115. The lowest BCUT2D eigenvalue weighted by Crippen LogP contribution is -2.64. The molecule has 3 aliphatic heterocycles. The summed E-state index contributed by atoms with van der Waals surface area (Å²) in [6, 6.07) is 0. The Kier molecular flexibility index (Phi) is 15.8. The number of aliphatic hydroxyl groups is 11. The van der Waals surface area contributed by atoms with Crippen molar-refractivity contribution in [1.29, 1.82) is 0 Å². The molecule has 7 fully saturated rings. The van der Waals surface area contributed by atoms with Crippen LogP contribution in [0.5, 0.6) is 0 Å². The minimum Gasteiger partial charge on any atom is -0.394 e. The SMILES string of the molecule is C[C@H](CCC(=O)[C@@H](C)[C@H]1[C@H](O)C[C@H]2[C@@H]3CC[C@H]4C[C@@H](O[C@@H]5O[C@H](CO)[C@H](O[C@@H]6O[C@@H](C)[C@H](O)[C@@H](O)[C@H]6O)[C@H](O)[C@H]5O)CC[C@]4(C)[C@H]3CC[C@]12C)CO[C@H]1O[C@H](CO)[C@H](O)[C@H](O)[C@H]1O. The number of carbonyl (C=O) groups is 1. The van der Waals surface area contributed by atoms with Crippen LogP contribution < -0.4 is 0 Å². The number of aliphatic hydroxyl groups excluding tert-OH is 11. The maximum atomic E-state index is 13.8. The molecule has 0 spiro atoms. The molecule has 63 heavy (non-hydrogen) atoms. The molecule has 3 saturated heterocycles. The molecule has 18 heteroatoms. The summed E-state index contributed by atoms with van der Waals surface area (Å²) in [5.41, 5.74) is -0.172. The number of ether oxygens (including phenoxy) is 6. The van der Waals surface area contributed by atoms with Crippen molar-refractivity contribution in [3.05, 3.63) is 0 Å². The lowest BCUT2D eigenvalue weighted by atomic mass is 9.44. The van der Waals surface area contributed by atoms with Crippen molar-refractivity contribution in [2.24, 2.45) is 52.3 Å². The second-order valence-corrected chi connectivity index (χ2v) is 21.0. The highest BCUT2D eigenvalue weighted by Crippen LogP contribution is 2.68. The fourth-order valence-corrected chi connectivity index (χ4v) is 13.5. The van der Waals surface area contributed by atoms with Crippen molar-refractivity contribution in [3.63, 3.8) is 0 Å². The number of ketones is 1. The van der Waals surface area contributed by atoms with Crippen LogP contribution in [0.4, 0.5) is 0 Å². The van der Waals surface area contributed by atoms with Gasteiger partial charge in [0.05, 0.1) is 38.1 Å². The highest BCUT2D eigenvalue weighted by molar-refractivity contribution is 5.81. The zero-order chi connectivity index (χ0) is 45.9. The Morgan fingerprint density at radius 3 is 1.98 bits per heavy atom. The molecule has 0 radical (unpaired) electrons. The minimum absolute atomic E-state index is 0.0244. The van der Waals surface area contributed by atoms with E-state index in [-0.39, 0.29) is 53.0 Å². The molecule has 4 aliphatic carbocycles. The molecule has 0 amide bonds. The second kappa shape index (κ2) is 19.9. The summed E-state index contributed by atoms with van der Waals surface area (Å²) in [7, 11) is 0. The van der Waals surface area contributed by atoms with Gasteiger partial charge in [-0.2, -0.15) is 0 Å². The first kappa shape index (κ1) is 49.9. The quantitative estimate of drug-likeness (QED) is 0.0941. The van der Waals surface area contributed by atoms with Gasteiger partial charge in [-0.15, -0.1) is 0 Å². The largest absolute Gasteiger partial charge is 0.394 e. The maximum absolute atomic E-state index is 13.8. The number of hydrogen-bond donors (Lipinski definition) is 11. The highest BCUT2D eigenvalue weighted by atomic mass is 16.7. The number of fused-ring (bicyclic) bond motifs is 5. The Labute approximate surface area is 369 Å². The third kappa shape index (κ3) is 9.43. The molecule has 26 atom stereocenters. The summed E-state index contributed by atoms with van der Waals surface area (Å²) in [4.78, 5) is 13.8. The van der Waals surface area contributed by atoms with Crippen LogP contribution in [0.2, 0.25) is 0 Å². The third-order valence-corrected chi connectivity index (χ3v) is 17.3. The highest BCUT2D eigenvalue weighted by Gasteiger charge is 2.64. The van der Waals surface area contributed by atoms with E-state index in [1.165, 1.54) is 6.92 Å². The Morgan fingerprint density at radius 1 is 0.667 bits per heavy atom. The van der Waals surface area contributed by atoms with Gasteiger partial charge < -0.3 is 84.6 Å². The van der Waals surface area contributed by atoms with Gasteiger partial charge in [0.15, 0.2) is 18.9 Å². The van der Waals surface area contributed by atoms with Gasteiger partial charge in [0.2, 0.25) is 0 Å². The normalized spacial score (nSPS) is 52.3. The lowest BCUT2D eigenvalue weighted by Gasteiger charge is -2.61. The first-order valence-electron chi connectivity index (χ1n) is 23.5. The van der Waals surface area contributed by atoms with Gasteiger partial charge >= 0.3 is 0 Å². The average Bonchev–Trinajstić information content (AvgIpc) is 3.54. The van der Waals surface area contributed by atoms with Crippen molar-refractivity contribution < 1.29 is 89.4 Å². The van der Waals surface area contributed by atoms with Crippen molar-refractivity contribution in [3.8, 4) is 0 Å². The molecule has 0 aromatic rings. The molecule has 364 valence electrons. The van der Waals surface area contributed by atoms with Crippen LogP contribution in [-0.4, -0.2) is 186 Å². The molecule has 11 N–H and O–H groups in total. The second-order valence-electron chi connectivity index (χ2n) is 21.0. The summed E-state index contributed by atoms with van der Waals surface area (Å²) in [6.07, 6.45) is -13.8. The summed E-state index contributed by atoms with van der Waals surface area (Å²) >= 11 is 0. The van der Waals surface area contributed by atoms with E-state index >= 15 is 0 Å². The van der Waals surface area contributed by atoms with Crippen molar-refractivity contribution >= 4 is 5.78 Å². The molecule has 0 aromatic carbocycles. The summed E-state index contributed by atoms with van der Waals surface area (Å²) in [6.45, 7) is 9.03. The molecule has 7 aliphatic rings. The standard InChI is InChI=1S/C45H76O18/c1-19(18-58-41-37(55)35(53)33(51)29(16-46)61-41)6-9-27(48)20(2)31-28(49)15-26-24-8-7-22-14-23(10-12-44(22,4)25(24)11-13-45(26,31)5)60-43-39(57)36(54)40(30(17-47)62-43)63-42-38(56)34(52)32(50)21(3)59-42/h19-26,28-43,46-47,49-57H,6-18H2,1-5H3/t19-,20-,21+,22+,23+,24-,25+,26+,28-,29-,30-,31+,32+,33+,34-,35+,36-,37-,38-,39-,40+,41+,42+,43-,44+,45+/m1/s1. The van der Waals surface area contributed by atoms with Gasteiger partial charge in [-0.25, -0.2) is 0 Å². The van der Waals surface area contributed by atoms with Gasteiger partial charge in [-0.1, -0.05) is 27.7 Å². The maximum Gasteiger partial charge on any atom is 0.187 e. The van der Waals surface area contributed by atoms with Crippen LogP contribution in [-0.2, 0) is 33.2 Å². The third-order valence-electron chi connectivity index (χ3n) is 17.3. The van der Waals surface area contributed by atoms with E-state index in [4.69, 9.17) is 28.4 Å². The summed E-state index contributed by atoms with van der Waals surface area (Å²) < 4.78 is 34.8. The lowest BCUT2D eigenvalue weighted by molar-refractivity contribution is -0.361.